The minimum absolute atomic E-state index is 0.0354. The number of carbonyl (C=O) groups excluding carboxylic acids is 1. The van der Waals surface area contributed by atoms with Gasteiger partial charge in [-0.1, -0.05) is 12.2 Å². The number of phenols is 1. The summed E-state index contributed by atoms with van der Waals surface area (Å²) in [5, 5.41) is 11.4. The second-order valence-corrected chi connectivity index (χ2v) is 6.28. The summed E-state index contributed by atoms with van der Waals surface area (Å²) >= 11 is 0. The molecule has 0 spiro atoms. The zero-order chi connectivity index (χ0) is 15.3. The van der Waals surface area contributed by atoms with Crippen LogP contribution in [0.3, 0.4) is 0 Å². The van der Waals surface area contributed by atoms with Crippen LogP contribution in [0.25, 0.3) is 10.9 Å². The van der Waals surface area contributed by atoms with Crippen molar-refractivity contribution in [2.24, 2.45) is 5.92 Å². The summed E-state index contributed by atoms with van der Waals surface area (Å²) in [6.07, 6.45) is 8.10. The van der Waals surface area contributed by atoms with E-state index in [2.05, 4.69) is 17.1 Å². The highest BCUT2D eigenvalue weighted by Crippen LogP contribution is 2.37. The van der Waals surface area contributed by atoms with Crippen molar-refractivity contribution in [1.82, 2.24) is 9.88 Å². The lowest BCUT2D eigenvalue weighted by Crippen LogP contribution is -2.29. The van der Waals surface area contributed by atoms with Gasteiger partial charge in [-0.2, -0.15) is 0 Å². The Morgan fingerprint density at radius 2 is 2.14 bits per heavy atom. The summed E-state index contributed by atoms with van der Waals surface area (Å²) in [6.45, 7) is 3.33. The van der Waals surface area contributed by atoms with Crippen molar-refractivity contribution in [1.29, 1.82) is 0 Å². The first-order valence-electron chi connectivity index (χ1n) is 7.69. The van der Waals surface area contributed by atoms with Gasteiger partial charge in [-0.3, -0.25) is 9.78 Å². The number of phenolic OH excluding ortho intramolecular Hbond substituents is 1. The fraction of sp³-hybridized carbons (Fsp3) is 0.333. The van der Waals surface area contributed by atoms with E-state index < -0.39 is 0 Å². The average Bonchev–Trinajstić information content (AvgIpc) is 3.10. The van der Waals surface area contributed by atoms with Crippen LogP contribution in [0.2, 0.25) is 0 Å². The molecule has 0 radical (unpaired) electrons. The van der Waals surface area contributed by atoms with E-state index in [1.165, 1.54) is 0 Å². The number of hydrogen-bond donors (Lipinski definition) is 1. The number of hydrogen-bond acceptors (Lipinski definition) is 3. The molecule has 1 N–H and O–H groups in total. The first kappa shape index (κ1) is 13.3. The van der Waals surface area contributed by atoms with E-state index >= 15 is 0 Å². The molecule has 0 saturated carbocycles. The van der Waals surface area contributed by atoms with Gasteiger partial charge in [0.25, 0.3) is 5.91 Å². The topological polar surface area (TPSA) is 53.4 Å². The maximum atomic E-state index is 12.7. The fourth-order valence-corrected chi connectivity index (χ4v) is 3.54. The van der Waals surface area contributed by atoms with Gasteiger partial charge < -0.3 is 10.0 Å². The van der Waals surface area contributed by atoms with Crippen LogP contribution in [0.4, 0.5) is 0 Å². The third-order valence-corrected chi connectivity index (χ3v) is 4.76. The molecule has 22 heavy (non-hydrogen) atoms. The van der Waals surface area contributed by atoms with Crippen LogP contribution in [0, 0.1) is 12.8 Å². The van der Waals surface area contributed by atoms with Gasteiger partial charge in [0.2, 0.25) is 0 Å². The van der Waals surface area contributed by atoms with Crippen LogP contribution < -0.4 is 0 Å². The summed E-state index contributed by atoms with van der Waals surface area (Å²) in [5.41, 5.74) is 2.94. The quantitative estimate of drug-likeness (QED) is 0.866. The highest BCUT2D eigenvalue weighted by molar-refractivity contribution is 6.06. The maximum Gasteiger partial charge on any atom is 0.258 e. The molecule has 0 bridgehead atoms. The van der Waals surface area contributed by atoms with E-state index in [1.807, 2.05) is 24.0 Å². The van der Waals surface area contributed by atoms with Crippen LogP contribution in [-0.4, -0.2) is 27.4 Å². The molecule has 4 heteroatoms. The maximum absolute atomic E-state index is 12.7. The van der Waals surface area contributed by atoms with Crippen LogP contribution in [0.15, 0.2) is 30.5 Å². The lowest BCUT2D eigenvalue weighted by molar-refractivity contribution is 0.0752. The standard InChI is InChI=1S/C18H18N2O2/c1-11-6-7-19-16-14(11)8-13-10-20(9-12-4-2-3-5-12)18(22)15(13)17(16)21/h2-3,6-8,12,21H,4-5,9-10H2,1H3. The number of pyridine rings is 1. The van der Waals surface area contributed by atoms with Gasteiger partial charge in [-0.05, 0) is 48.9 Å². The van der Waals surface area contributed by atoms with Crippen molar-refractivity contribution >= 4 is 16.8 Å². The van der Waals surface area contributed by atoms with Crippen LogP contribution in [-0.2, 0) is 6.54 Å². The summed E-state index contributed by atoms with van der Waals surface area (Å²) in [7, 11) is 0. The van der Waals surface area contributed by atoms with Gasteiger partial charge in [0.15, 0.2) is 5.75 Å². The molecule has 2 aromatic rings. The molecule has 1 aromatic heterocycles. The molecule has 1 aliphatic heterocycles. The third kappa shape index (κ3) is 1.90. The number of aromatic hydroxyl groups is 1. The van der Waals surface area contributed by atoms with Crippen molar-refractivity contribution in [3.63, 3.8) is 0 Å². The highest BCUT2D eigenvalue weighted by Gasteiger charge is 2.33. The minimum Gasteiger partial charge on any atom is -0.505 e. The molecule has 0 unspecified atom stereocenters. The number of nitrogens with zero attached hydrogens (tertiary/aromatic N) is 2. The van der Waals surface area contributed by atoms with Gasteiger partial charge >= 0.3 is 0 Å². The smallest absolute Gasteiger partial charge is 0.258 e. The predicted octanol–water partition coefficient (Wildman–Crippen LogP) is 3.17. The Labute approximate surface area is 129 Å². The second-order valence-electron chi connectivity index (χ2n) is 6.28. The Bertz CT molecular complexity index is 802. The lowest BCUT2D eigenvalue weighted by atomic mass is 10.0. The van der Waals surface area contributed by atoms with Gasteiger partial charge in [0.05, 0.1) is 5.56 Å². The molecule has 0 fully saturated rings. The van der Waals surface area contributed by atoms with Gasteiger partial charge in [-0.15, -0.1) is 0 Å². The van der Waals surface area contributed by atoms with Crippen molar-refractivity contribution in [3.05, 3.63) is 47.2 Å². The van der Waals surface area contributed by atoms with E-state index in [0.29, 0.717) is 23.5 Å². The number of fused-ring (bicyclic) bond motifs is 2. The monoisotopic (exact) mass is 294 g/mol. The zero-order valence-corrected chi connectivity index (χ0v) is 12.5. The first-order chi connectivity index (χ1) is 10.6. The molecule has 2 heterocycles. The number of aryl methyl sites for hydroxylation is 1. The first-order valence-corrected chi connectivity index (χ1v) is 7.69. The summed E-state index contributed by atoms with van der Waals surface area (Å²) in [4.78, 5) is 18.8. The fourth-order valence-electron chi connectivity index (χ4n) is 3.54. The number of benzene rings is 1. The summed E-state index contributed by atoms with van der Waals surface area (Å²) in [5.74, 6) is 0.479. The van der Waals surface area contributed by atoms with Gasteiger partial charge in [-0.25, -0.2) is 0 Å². The molecule has 112 valence electrons. The van der Waals surface area contributed by atoms with E-state index in [0.717, 1.165) is 35.9 Å². The Hall–Kier alpha value is -2.36. The largest absolute Gasteiger partial charge is 0.505 e. The Kier molecular flexibility index (Phi) is 2.93. The molecule has 1 aromatic carbocycles. The van der Waals surface area contributed by atoms with E-state index in [4.69, 9.17) is 0 Å². The Morgan fingerprint density at radius 3 is 2.91 bits per heavy atom. The van der Waals surface area contributed by atoms with Crippen molar-refractivity contribution in [3.8, 4) is 5.75 Å². The SMILES string of the molecule is Cc1ccnc2c(O)c3c(cc12)CN(CC1CC=CC1)C3=O. The molecule has 0 atom stereocenters. The van der Waals surface area contributed by atoms with E-state index in [9.17, 15) is 9.90 Å². The summed E-state index contributed by atoms with van der Waals surface area (Å²) in [6, 6.07) is 3.93. The molecule has 2 aliphatic rings. The molecule has 1 aliphatic carbocycles. The molecule has 4 rings (SSSR count). The van der Waals surface area contributed by atoms with E-state index in [-0.39, 0.29) is 11.7 Å². The number of carbonyl (C=O) groups is 1. The molecule has 1 amide bonds. The second kappa shape index (κ2) is 4.83. The average molecular weight is 294 g/mol. The third-order valence-electron chi connectivity index (χ3n) is 4.76. The molecular formula is C18H18N2O2. The van der Waals surface area contributed by atoms with Gasteiger partial charge in [0.1, 0.15) is 5.52 Å². The Balaban J connectivity index is 1.74. The van der Waals surface area contributed by atoms with Gasteiger partial charge in [0, 0.05) is 24.7 Å². The number of rotatable bonds is 2. The number of aromatic nitrogens is 1. The number of amides is 1. The number of allylic oxidation sites excluding steroid dienone is 2. The zero-order valence-electron chi connectivity index (χ0n) is 12.5. The van der Waals surface area contributed by atoms with Crippen molar-refractivity contribution in [2.75, 3.05) is 6.54 Å². The Morgan fingerprint density at radius 1 is 1.36 bits per heavy atom. The highest BCUT2D eigenvalue weighted by atomic mass is 16.3. The molecule has 4 nitrogen and oxygen atoms in total. The van der Waals surface area contributed by atoms with Crippen molar-refractivity contribution in [2.45, 2.75) is 26.3 Å². The van der Waals surface area contributed by atoms with E-state index in [1.54, 1.807) is 6.20 Å². The normalized spacial score (nSPS) is 17.7. The van der Waals surface area contributed by atoms with Crippen LogP contribution >= 0.6 is 0 Å². The molecular weight excluding hydrogens is 276 g/mol. The lowest BCUT2D eigenvalue weighted by Gasteiger charge is -2.19. The van der Waals surface area contributed by atoms with Crippen molar-refractivity contribution < 1.29 is 9.90 Å². The summed E-state index contributed by atoms with van der Waals surface area (Å²) < 4.78 is 0. The molecule has 0 saturated heterocycles. The van der Waals surface area contributed by atoms with Crippen LogP contribution in [0.5, 0.6) is 5.75 Å². The van der Waals surface area contributed by atoms with Crippen LogP contribution in [0.1, 0.15) is 34.3 Å². The minimum atomic E-state index is -0.0652. The predicted molar refractivity (Wildman–Crippen MR) is 84.7 cm³/mol.